The highest BCUT2D eigenvalue weighted by Gasteiger charge is 2.37. The number of benzene rings is 1. The Morgan fingerprint density at radius 3 is 2.25 bits per heavy atom. The van der Waals surface area contributed by atoms with Crippen LogP contribution in [0.25, 0.3) is 0 Å². The summed E-state index contributed by atoms with van der Waals surface area (Å²) in [6.07, 6.45) is 0.864. The average Bonchev–Trinajstić information content (AvgIpc) is 3.02. The molecule has 2 atom stereocenters. The number of rotatable bonds is 4. The monoisotopic (exact) mass is 395 g/mol. The molecule has 2 unspecified atom stereocenters. The normalized spacial score (nSPS) is 25.0. The summed E-state index contributed by atoms with van der Waals surface area (Å²) in [5.41, 5.74) is 0. The lowest BCUT2D eigenvalue weighted by Gasteiger charge is -2.33. The summed E-state index contributed by atoms with van der Waals surface area (Å²) >= 11 is 0. The largest absolute Gasteiger partial charge is 0.316 e. The summed E-state index contributed by atoms with van der Waals surface area (Å²) in [6.45, 7) is 2.86. The zero-order chi connectivity index (χ0) is 16.7. The first-order valence-electron chi connectivity index (χ1n) is 7.59. The summed E-state index contributed by atoms with van der Waals surface area (Å²) < 4.78 is 52.6. The van der Waals surface area contributed by atoms with Gasteiger partial charge >= 0.3 is 0 Å². The van der Waals surface area contributed by atoms with Crippen LogP contribution in [-0.2, 0) is 20.0 Å². The molecule has 0 amide bonds. The van der Waals surface area contributed by atoms with E-state index in [9.17, 15) is 16.8 Å². The summed E-state index contributed by atoms with van der Waals surface area (Å²) in [5.74, 6) is 0.923. The number of halogens is 1. The van der Waals surface area contributed by atoms with E-state index in [1.165, 1.54) is 35.6 Å². The van der Waals surface area contributed by atoms with Gasteiger partial charge in [0, 0.05) is 13.1 Å². The molecule has 0 aromatic heterocycles. The summed E-state index contributed by atoms with van der Waals surface area (Å²) in [4.78, 5) is 0.189. The first kappa shape index (κ1) is 19.6. The van der Waals surface area contributed by atoms with Gasteiger partial charge in [-0.1, -0.05) is 0 Å². The SMILES string of the molecule is CNS(=O)(=O)c1ccc(S(=O)(=O)N2CCC3CNCC3C2)cc1.Cl. The Bertz CT molecular complexity index is 781. The second-order valence-corrected chi connectivity index (χ2v) is 9.83. The second kappa shape index (κ2) is 7.27. The molecular weight excluding hydrogens is 374 g/mol. The topological polar surface area (TPSA) is 95.6 Å². The Morgan fingerprint density at radius 1 is 1.04 bits per heavy atom. The molecule has 1 aromatic rings. The lowest BCUT2D eigenvalue weighted by molar-refractivity contribution is 0.228. The van der Waals surface area contributed by atoms with Crippen LogP contribution in [0.3, 0.4) is 0 Å². The van der Waals surface area contributed by atoms with E-state index in [1.807, 2.05) is 0 Å². The number of sulfonamides is 2. The molecule has 3 rings (SSSR count). The van der Waals surface area contributed by atoms with Crippen molar-refractivity contribution in [2.75, 3.05) is 33.2 Å². The van der Waals surface area contributed by atoms with Gasteiger partial charge in [0.25, 0.3) is 0 Å². The maximum Gasteiger partial charge on any atom is 0.243 e. The van der Waals surface area contributed by atoms with E-state index in [1.54, 1.807) is 0 Å². The van der Waals surface area contributed by atoms with E-state index in [0.29, 0.717) is 24.9 Å². The quantitative estimate of drug-likeness (QED) is 0.761. The van der Waals surface area contributed by atoms with Gasteiger partial charge in [0.1, 0.15) is 0 Å². The minimum absolute atomic E-state index is 0. The van der Waals surface area contributed by atoms with Gasteiger partial charge in [-0.05, 0) is 62.7 Å². The van der Waals surface area contributed by atoms with Crippen molar-refractivity contribution in [3.8, 4) is 0 Å². The van der Waals surface area contributed by atoms with Crippen molar-refractivity contribution >= 4 is 32.5 Å². The van der Waals surface area contributed by atoms with Crippen molar-refractivity contribution in [3.05, 3.63) is 24.3 Å². The van der Waals surface area contributed by atoms with Gasteiger partial charge in [-0.2, -0.15) is 4.31 Å². The Balaban J connectivity index is 0.00000208. The minimum atomic E-state index is -3.58. The molecular formula is C14H22ClN3O4S2. The zero-order valence-corrected chi connectivity index (χ0v) is 15.8. The van der Waals surface area contributed by atoms with Crippen LogP contribution in [0.5, 0.6) is 0 Å². The molecule has 0 saturated carbocycles. The van der Waals surface area contributed by atoms with E-state index >= 15 is 0 Å². The molecule has 2 aliphatic rings. The Morgan fingerprint density at radius 2 is 1.62 bits per heavy atom. The predicted octanol–water partition coefficient (Wildman–Crippen LogP) is 0.247. The van der Waals surface area contributed by atoms with E-state index in [4.69, 9.17) is 0 Å². The van der Waals surface area contributed by atoms with E-state index in [0.717, 1.165) is 19.5 Å². The number of nitrogens with zero attached hydrogens (tertiary/aromatic N) is 1. The van der Waals surface area contributed by atoms with Crippen LogP contribution in [0.2, 0.25) is 0 Å². The third-order valence-corrected chi connectivity index (χ3v) is 8.02. The van der Waals surface area contributed by atoms with Crippen molar-refractivity contribution in [1.29, 1.82) is 0 Å². The summed E-state index contributed by atoms with van der Waals surface area (Å²) in [5, 5.41) is 3.31. The van der Waals surface area contributed by atoms with E-state index in [-0.39, 0.29) is 22.2 Å². The van der Waals surface area contributed by atoms with Gasteiger partial charge in [0.15, 0.2) is 0 Å². The third-order valence-electron chi connectivity index (χ3n) is 4.71. The van der Waals surface area contributed by atoms with Crippen LogP contribution in [-0.4, -0.2) is 54.4 Å². The zero-order valence-electron chi connectivity index (χ0n) is 13.3. The standard InChI is InChI=1S/C14H21N3O4S2.ClH/c1-15-22(18,19)13-2-4-14(5-3-13)23(20,21)17-7-6-11-8-16-9-12(11)10-17;/h2-5,11-12,15-16H,6-10H2,1H3;1H. The highest BCUT2D eigenvalue weighted by atomic mass is 35.5. The molecule has 2 heterocycles. The van der Waals surface area contributed by atoms with E-state index < -0.39 is 20.0 Å². The fourth-order valence-corrected chi connectivity index (χ4v) is 5.52. The Labute approximate surface area is 149 Å². The third kappa shape index (κ3) is 3.61. The maximum atomic E-state index is 12.7. The Hall–Kier alpha value is -0.710. The first-order chi connectivity index (χ1) is 10.8. The number of nitrogens with one attached hydrogen (secondary N) is 2. The molecule has 2 N–H and O–H groups in total. The molecule has 0 spiro atoms. The molecule has 24 heavy (non-hydrogen) atoms. The van der Waals surface area contributed by atoms with Gasteiger partial charge < -0.3 is 5.32 Å². The fourth-order valence-electron chi connectivity index (χ4n) is 3.28. The van der Waals surface area contributed by atoms with Gasteiger partial charge in [-0.3, -0.25) is 0 Å². The van der Waals surface area contributed by atoms with Crippen LogP contribution in [0, 0.1) is 11.8 Å². The van der Waals surface area contributed by atoms with Gasteiger partial charge in [0.2, 0.25) is 20.0 Å². The molecule has 7 nitrogen and oxygen atoms in total. The van der Waals surface area contributed by atoms with E-state index in [2.05, 4.69) is 10.0 Å². The number of hydrogen-bond acceptors (Lipinski definition) is 5. The van der Waals surface area contributed by atoms with Crippen LogP contribution >= 0.6 is 12.4 Å². The van der Waals surface area contributed by atoms with Crippen molar-refractivity contribution in [2.45, 2.75) is 16.2 Å². The van der Waals surface area contributed by atoms with Gasteiger partial charge in [0.05, 0.1) is 9.79 Å². The summed E-state index contributed by atoms with van der Waals surface area (Å²) in [7, 11) is -5.82. The van der Waals surface area contributed by atoms with Crippen molar-refractivity contribution in [2.24, 2.45) is 11.8 Å². The Kier molecular flexibility index (Phi) is 5.94. The lowest BCUT2D eigenvalue weighted by atomic mass is 9.90. The summed E-state index contributed by atoms with van der Waals surface area (Å²) in [6, 6.07) is 5.36. The minimum Gasteiger partial charge on any atom is -0.316 e. The molecule has 10 heteroatoms. The van der Waals surface area contributed by atoms with Crippen molar-refractivity contribution < 1.29 is 16.8 Å². The van der Waals surface area contributed by atoms with Crippen LogP contribution in [0.1, 0.15) is 6.42 Å². The van der Waals surface area contributed by atoms with Crippen LogP contribution < -0.4 is 10.0 Å². The first-order valence-corrected chi connectivity index (χ1v) is 10.5. The number of piperidine rings is 1. The van der Waals surface area contributed by atoms with Gasteiger partial charge in [-0.15, -0.1) is 12.4 Å². The average molecular weight is 396 g/mol. The molecule has 0 aliphatic carbocycles. The highest BCUT2D eigenvalue weighted by Crippen LogP contribution is 2.30. The molecule has 0 bridgehead atoms. The molecule has 2 saturated heterocycles. The van der Waals surface area contributed by atoms with Crippen LogP contribution in [0.4, 0.5) is 0 Å². The van der Waals surface area contributed by atoms with Crippen molar-refractivity contribution in [1.82, 2.24) is 14.3 Å². The fraction of sp³-hybridized carbons (Fsp3) is 0.571. The smallest absolute Gasteiger partial charge is 0.243 e. The number of hydrogen-bond donors (Lipinski definition) is 2. The maximum absolute atomic E-state index is 12.7. The molecule has 0 radical (unpaired) electrons. The molecule has 1 aromatic carbocycles. The molecule has 2 fully saturated rings. The van der Waals surface area contributed by atoms with Crippen molar-refractivity contribution in [3.63, 3.8) is 0 Å². The molecule has 2 aliphatic heterocycles. The lowest BCUT2D eigenvalue weighted by Crippen LogP contribution is -2.43. The van der Waals surface area contributed by atoms with Gasteiger partial charge in [-0.25, -0.2) is 21.6 Å². The predicted molar refractivity (Wildman–Crippen MR) is 93.2 cm³/mol. The second-order valence-electron chi connectivity index (χ2n) is 6.01. The highest BCUT2D eigenvalue weighted by molar-refractivity contribution is 7.89. The number of fused-ring (bicyclic) bond motifs is 1. The molecule has 136 valence electrons. The van der Waals surface area contributed by atoms with Crippen LogP contribution in [0.15, 0.2) is 34.1 Å².